The molecule has 0 saturated heterocycles. The molecule has 98 valence electrons. The molecule has 0 aromatic heterocycles. The topological polar surface area (TPSA) is 0 Å². The van der Waals surface area contributed by atoms with E-state index in [1.165, 1.54) is 6.42 Å². The molecular weight excluding hydrogens is 216 g/mol. The van der Waals surface area contributed by atoms with Crippen LogP contribution in [0.25, 0.3) is 0 Å². The largest absolute Gasteiger partial charge is 0.0848 e. The number of hydrogen-bond donors (Lipinski definition) is 0. The first-order chi connectivity index (χ1) is 8.92. The van der Waals surface area contributed by atoms with Gasteiger partial charge in [0.15, 0.2) is 0 Å². The molecule has 0 heteroatoms. The van der Waals surface area contributed by atoms with Crippen molar-refractivity contribution < 1.29 is 0 Å². The van der Waals surface area contributed by atoms with Crippen LogP contribution in [0, 0.1) is 47.3 Å². The van der Waals surface area contributed by atoms with E-state index in [1.54, 1.807) is 44.9 Å². The standard InChI is InChI=1S/C18H26/c1-2-4-11(5-3-1)15-9-14-10-16(15)18-13-7-6-12(8-13)17(14)18/h6-7,11-18H,1-5,8-10H2. The van der Waals surface area contributed by atoms with Gasteiger partial charge in [-0.15, -0.1) is 0 Å². The third-order valence-electron chi connectivity index (χ3n) is 7.58. The van der Waals surface area contributed by atoms with Crippen LogP contribution in [0.5, 0.6) is 0 Å². The maximum atomic E-state index is 2.60. The number of rotatable bonds is 1. The zero-order chi connectivity index (χ0) is 11.7. The Morgan fingerprint density at radius 2 is 1.33 bits per heavy atom. The van der Waals surface area contributed by atoms with E-state index in [9.17, 15) is 0 Å². The van der Waals surface area contributed by atoms with Gasteiger partial charge in [0.2, 0.25) is 0 Å². The van der Waals surface area contributed by atoms with Crippen molar-refractivity contribution in [3.63, 3.8) is 0 Å². The van der Waals surface area contributed by atoms with Gasteiger partial charge in [0.1, 0.15) is 0 Å². The van der Waals surface area contributed by atoms with Crippen LogP contribution < -0.4 is 0 Å². The Morgan fingerprint density at radius 1 is 0.611 bits per heavy atom. The second-order valence-electron chi connectivity index (χ2n) is 8.06. The highest BCUT2D eigenvalue weighted by Crippen LogP contribution is 2.68. The first-order valence-corrected chi connectivity index (χ1v) is 8.60. The van der Waals surface area contributed by atoms with Gasteiger partial charge in [-0.05, 0) is 66.6 Å². The van der Waals surface area contributed by atoms with Crippen molar-refractivity contribution in [3.8, 4) is 0 Å². The molecule has 0 spiro atoms. The highest BCUT2D eigenvalue weighted by atomic mass is 14.7. The van der Waals surface area contributed by atoms with Gasteiger partial charge in [-0.25, -0.2) is 0 Å². The molecule has 5 aliphatic carbocycles. The Morgan fingerprint density at radius 3 is 2.17 bits per heavy atom. The summed E-state index contributed by atoms with van der Waals surface area (Å²) in [7, 11) is 0. The summed E-state index contributed by atoms with van der Waals surface area (Å²) < 4.78 is 0. The minimum Gasteiger partial charge on any atom is -0.0848 e. The molecule has 0 N–H and O–H groups in total. The maximum Gasteiger partial charge on any atom is -0.0194 e. The Labute approximate surface area is 111 Å². The fourth-order valence-corrected chi connectivity index (χ4v) is 7.17. The van der Waals surface area contributed by atoms with Crippen LogP contribution in [0.15, 0.2) is 12.2 Å². The lowest BCUT2D eigenvalue weighted by molar-refractivity contribution is 0.0918. The number of hydrogen-bond acceptors (Lipinski definition) is 0. The van der Waals surface area contributed by atoms with Crippen molar-refractivity contribution in [1.82, 2.24) is 0 Å². The predicted molar refractivity (Wildman–Crippen MR) is 74.0 cm³/mol. The van der Waals surface area contributed by atoms with Crippen molar-refractivity contribution in [2.75, 3.05) is 0 Å². The lowest BCUT2D eigenvalue weighted by Gasteiger charge is -2.41. The molecule has 5 rings (SSSR count). The first-order valence-electron chi connectivity index (χ1n) is 8.60. The first kappa shape index (κ1) is 10.5. The minimum atomic E-state index is 1.02. The van der Waals surface area contributed by atoms with Gasteiger partial charge >= 0.3 is 0 Å². The molecule has 0 heterocycles. The van der Waals surface area contributed by atoms with Gasteiger partial charge in [0.05, 0.1) is 0 Å². The zero-order valence-corrected chi connectivity index (χ0v) is 11.4. The predicted octanol–water partition coefficient (Wildman–Crippen LogP) is 4.66. The Balaban J connectivity index is 1.41. The van der Waals surface area contributed by atoms with Crippen LogP contribution in [0.3, 0.4) is 0 Å². The van der Waals surface area contributed by atoms with Crippen LogP contribution in [-0.2, 0) is 0 Å². The third kappa shape index (κ3) is 1.23. The van der Waals surface area contributed by atoms with Crippen LogP contribution in [0.2, 0.25) is 0 Å². The summed E-state index contributed by atoms with van der Waals surface area (Å²) in [6.07, 6.45) is 17.8. The second-order valence-corrected chi connectivity index (χ2v) is 8.06. The Bertz CT molecular complexity index is 375. The molecule has 4 saturated carbocycles. The minimum absolute atomic E-state index is 1.02. The normalized spacial score (nSPS) is 57.4. The number of allylic oxidation sites excluding steroid dienone is 2. The molecular formula is C18H26. The Kier molecular flexibility index (Phi) is 2.13. The highest BCUT2D eigenvalue weighted by molar-refractivity contribution is 5.20. The van der Waals surface area contributed by atoms with Gasteiger partial charge in [-0.3, -0.25) is 0 Å². The summed E-state index contributed by atoms with van der Waals surface area (Å²) in [4.78, 5) is 0. The fourth-order valence-electron chi connectivity index (χ4n) is 7.17. The molecule has 0 aromatic rings. The maximum absolute atomic E-state index is 2.60. The molecule has 0 radical (unpaired) electrons. The van der Waals surface area contributed by atoms with E-state index in [0.717, 1.165) is 47.3 Å². The van der Waals surface area contributed by atoms with E-state index in [2.05, 4.69) is 12.2 Å². The van der Waals surface area contributed by atoms with Crippen molar-refractivity contribution in [2.24, 2.45) is 47.3 Å². The summed E-state index contributed by atoms with van der Waals surface area (Å²) in [6, 6.07) is 0. The van der Waals surface area contributed by atoms with E-state index >= 15 is 0 Å². The van der Waals surface area contributed by atoms with E-state index in [4.69, 9.17) is 0 Å². The van der Waals surface area contributed by atoms with Gasteiger partial charge < -0.3 is 0 Å². The molecule has 7 unspecified atom stereocenters. The molecule has 7 atom stereocenters. The summed E-state index contributed by atoms with van der Waals surface area (Å²) in [6.45, 7) is 0. The molecule has 0 aliphatic heterocycles. The van der Waals surface area contributed by atoms with Gasteiger partial charge in [-0.2, -0.15) is 0 Å². The van der Waals surface area contributed by atoms with E-state index in [0.29, 0.717) is 0 Å². The molecule has 4 bridgehead atoms. The zero-order valence-electron chi connectivity index (χ0n) is 11.4. The average Bonchev–Trinajstić information content (AvgIpc) is 3.17. The monoisotopic (exact) mass is 242 g/mol. The molecule has 5 aliphatic rings. The van der Waals surface area contributed by atoms with E-state index in [-0.39, 0.29) is 0 Å². The lowest BCUT2D eigenvalue weighted by atomic mass is 9.64. The van der Waals surface area contributed by atoms with Crippen LogP contribution in [0.1, 0.15) is 51.4 Å². The summed E-state index contributed by atoms with van der Waals surface area (Å²) in [5.74, 6) is 8.91. The Hall–Kier alpha value is -0.260. The smallest absolute Gasteiger partial charge is 0.0194 e. The second kappa shape index (κ2) is 3.64. The molecule has 0 amide bonds. The quantitative estimate of drug-likeness (QED) is 0.463. The van der Waals surface area contributed by atoms with E-state index in [1.807, 2.05) is 0 Å². The van der Waals surface area contributed by atoms with Crippen molar-refractivity contribution in [3.05, 3.63) is 12.2 Å². The third-order valence-corrected chi connectivity index (χ3v) is 7.58. The highest BCUT2D eigenvalue weighted by Gasteiger charge is 2.61. The number of fused-ring (bicyclic) bond motifs is 9. The van der Waals surface area contributed by atoms with Crippen molar-refractivity contribution in [1.29, 1.82) is 0 Å². The SMILES string of the molecule is C1=CC2CC1C1C3CC(C4CCCCC4)C(C3)C21. The molecule has 0 aromatic carbocycles. The molecule has 0 nitrogen and oxygen atoms in total. The van der Waals surface area contributed by atoms with E-state index < -0.39 is 0 Å². The van der Waals surface area contributed by atoms with Gasteiger partial charge in [-0.1, -0.05) is 44.3 Å². The van der Waals surface area contributed by atoms with Crippen molar-refractivity contribution >= 4 is 0 Å². The molecule has 4 fully saturated rings. The van der Waals surface area contributed by atoms with Crippen molar-refractivity contribution in [2.45, 2.75) is 51.4 Å². The fraction of sp³-hybridized carbons (Fsp3) is 0.889. The van der Waals surface area contributed by atoms with Crippen LogP contribution >= 0.6 is 0 Å². The molecule has 18 heavy (non-hydrogen) atoms. The average molecular weight is 242 g/mol. The summed E-state index contributed by atoms with van der Waals surface area (Å²) >= 11 is 0. The summed E-state index contributed by atoms with van der Waals surface area (Å²) in [5, 5.41) is 0. The lowest BCUT2D eigenvalue weighted by Crippen LogP contribution is -2.34. The van der Waals surface area contributed by atoms with Gasteiger partial charge in [0, 0.05) is 0 Å². The van der Waals surface area contributed by atoms with Crippen LogP contribution in [-0.4, -0.2) is 0 Å². The van der Waals surface area contributed by atoms with Gasteiger partial charge in [0.25, 0.3) is 0 Å². The van der Waals surface area contributed by atoms with Crippen LogP contribution in [0.4, 0.5) is 0 Å². The summed E-state index contributed by atoms with van der Waals surface area (Å²) in [5.41, 5.74) is 0.